The van der Waals surface area contributed by atoms with E-state index in [0.717, 1.165) is 22.6 Å². The van der Waals surface area contributed by atoms with Gasteiger partial charge in [-0.05, 0) is 74.9 Å². The molecule has 1 amide bonds. The Hall–Kier alpha value is -4.57. The summed E-state index contributed by atoms with van der Waals surface area (Å²) in [5.41, 5.74) is 3.97. The van der Waals surface area contributed by atoms with Crippen LogP contribution in [0.2, 0.25) is 0 Å². The molecule has 0 aliphatic carbocycles. The smallest absolute Gasteiger partial charge is 0.262 e. The normalized spacial score (nSPS) is 11.3. The van der Waals surface area contributed by atoms with Crippen LogP contribution in [0.4, 0.5) is 0 Å². The van der Waals surface area contributed by atoms with E-state index in [1.165, 1.54) is 6.26 Å². The molecule has 0 bridgehead atoms. The number of carbonyl (C=O) groups excluding carboxylic acids is 1. The van der Waals surface area contributed by atoms with E-state index in [4.69, 9.17) is 14.3 Å². The molecule has 0 unspecified atom stereocenters. The highest BCUT2D eigenvalue weighted by Gasteiger charge is 2.16. The van der Waals surface area contributed by atoms with Gasteiger partial charge in [0.2, 0.25) is 0 Å². The van der Waals surface area contributed by atoms with Gasteiger partial charge in [0.05, 0.1) is 24.6 Å². The van der Waals surface area contributed by atoms with Gasteiger partial charge in [-0.25, -0.2) is 4.68 Å². The van der Waals surface area contributed by atoms with Gasteiger partial charge in [0, 0.05) is 17.3 Å². The Labute approximate surface area is 204 Å². The molecule has 0 aliphatic heterocycles. The predicted octanol–water partition coefficient (Wildman–Crippen LogP) is 5.45. The van der Waals surface area contributed by atoms with E-state index in [9.17, 15) is 10.1 Å². The van der Waals surface area contributed by atoms with E-state index in [1.807, 2.05) is 81.6 Å². The number of nitrogens with zero attached hydrogens (tertiary/aromatic N) is 3. The van der Waals surface area contributed by atoms with Gasteiger partial charge in [-0.3, -0.25) is 4.79 Å². The minimum absolute atomic E-state index is 0.0260. The standard InChI is InChI=1S/C28H26N4O3/c1-19(2)35-26-12-11-21(14-20(26)3)27-23(18-32(31-27)24-8-5-4-6-9-24)15-22(16-29)28(33)30-17-25-10-7-13-34-25/h4-15,18-19H,17H2,1-3H3,(H,30,33). The average molecular weight is 467 g/mol. The van der Waals surface area contributed by atoms with E-state index in [1.54, 1.807) is 22.9 Å². The Morgan fingerprint density at radius 1 is 1.20 bits per heavy atom. The molecule has 176 valence electrons. The zero-order valence-corrected chi connectivity index (χ0v) is 19.9. The summed E-state index contributed by atoms with van der Waals surface area (Å²) >= 11 is 0. The van der Waals surface area contributed by atoms with Crippen LogP contribution in [-0.2, 0) is 11.3 Å². The number of hydrogen-bond donors (Lipinski definition) is 1. The van der Waals surface area contributed by atoms with Crippen molar-refractivity contribution in [1.29, 1.82) is 5.26 Å². The maximum atomic E-state index is 12.7. The number of hydrogen-bond acceptors (Lipinski definition) is 5. The maximum absolute atomic E-state index is 12.7. The lowest BCUT2D eigenvalue weighted by Gasteiger charge is -2.13. The summed E-state index contributed by atoms with van der Waals surface area (Å²) in [6.45, 7) is 6.14. The van der Waals surface area contributed by atoms with Crippen LogP contribution in [-0.4, -0.2) is 21.8 Å². The van der Waals surface area contributed by atoms with Crippen LogP contribution in [0.25, 0.3) is 23.0 Å². The summed E-state index contributed by atoms with van der Waals surface area (Å²) < 4.78 is 12.9. The molecule has 2 aromatic carbocycles. The van der Waals surface area contributed by atoms with Crippen molar-refractivity contribution in [1.82, 2.24) is 15.1 Å². The largest absolute Gasteiger partial charge is 0.491 e. The molecule has 2 heterocycles. The maximum Gasteiger partial charge on any atom is 0.262 e. The minimum atomic E-state index is -0.487. The monoisotopic (exact) mass is 466 g/mol. The van der Waals surface area contributed by atoms with Crippen molar-refractivity contribution >= 4 is 12.0 Å². The predicted molar refractivity (Wildman–Crippen MR) is 134 cm³/mol. The Balaban J connectivity index is 1.72. The quantitative estimate of drug-likeness (QED) is 0.275. The molecule has 35 heavy (non-hydrogen) atoms. The van der Waals surface area contributed by atoms with Gasteiger partial charge < -0.3 is 14.5 Å². The summed E-state index contributed by atoms with van der Waals surface area (Å²) in [5, 5.41) is 17.2. The van der Waals surface area contributed by atoms with Crippen molar-refractivity contribution in [2.45, 2.75) is 33.4 Å². The van der Waals surface area contributed by atoms with E-state index in [0.29, 0.717) is 17.0 Å². The Morgan fingerprint density at radius 2 is 2.00 bits per heavy atom. The number of carbonyl (C=O) groups is 1. The summed E-state index contributed by atoms with van der Waals surface area (Å²) in [4.78, 5) is 12.7. The van der Waals surface area contributed by atoms with Crippen LogP contribution in [0, 0.1) is 18.3 Å². The Morgan fingerprint density at radius 3 is 2.66 bits per heavy atom. The Bertz CT molecular complexity index is 1380. The average Bonchev–Trinajstić information content (AvgIpc) is 3.53. The van der Waals surface area contributed by atoms with Crippen LogP contribution in [0.5, 0.6) is 5.75 Å². The number of ether oxygens (including phenoxy) is 1. The number of benzene rings is 2. The molecule has 4 aromatic rings. The van der Waals surface area contributed by atoms with Crippen molar-refractivity contribution in [2.75, 3.05) is 0 Å². The summed E-state index contributed by atoms with van der Waals surface area (Å²) in [5.74, 6) is 0.921. The first-order valence-corrected chi connectivity index (χ1v) is 11.3. The second kappa shape index (κ2) is 10.6. The number of furan rings is 1. The first-order chi connectivity index (χ1) is 16.9. The topological polar surface area (TPSA) is 93.1 Å². The van der Waals surface area contributed by atoms with Crippen LogP contribution in [0.3, 0.4) is 0 Å². The molecule has 7 heteroatoms. The molecule has 0 aliphatic rings. The van der Waals surface area contributed by atoms with E-state index < -0.39 is 5.91 Å². The highest BCUT2D eigenvalue weighted by atomic mass is 16.5. The van der Waals surface area contributed by atoms with E-state index >= 15 is 0 Å². The first-order valence-electron chi connectivity index (χ1n) is 11.3. The molecule has 0 atom stereocenters. The van der Waals surface area contributed by atoms with Crippen LogP contribution in [0.15, 0.2) is 83.1 Å². The fourth-order valence-corrected chi connectivity index (χ4v) is 3.59. The number of nitriles is 1. The zero-order valence-electron chi connectivity index (χ0n) is 19.9. The van der Waals surface area contributed by atoms with Crippen LogP contribution in [0.1, 0.15) is 30.7 Å². The molecule has 2 aromatic heterocycles. The van der Waals surface area contributed by atoms with Crippen LogP contribution < -0.4 is 10.1 Å². The summed E-state index contributed by atoms with van der Waals surface area (Å²) in [7, 11) is 0. The number of amides is 1. The highest BCUT2D eigenvalue weighted by molar-refractivity contribution is 6.02. The summed E-state index contributed by atoms with van der Waals surface area (Å²) in [6, 6.07) is 21.0. The third-order valence-corrected chi connectivity index (χ3v) is 5.24. The number of aromatic nitrogens is 2. The van der Waals surface area contributed by atoms with Crippen molar-refractivity contribution in [3.63, 3.8) is 0 Å². The van der Waals surface area contributed by atoms with Gasteiger partial charge in [0.1, 0.15) is 28.8 Å². The fourth-order valence-electron chi connectivity index (χ4n) is 3.59. The van der Waals surface area contributed by atoms with Crippen LogP contribution >= 0.6 is 0 Å². The SMILES string of the molecule is Cc1cc(-c2nn(-c3ccccc3)cc2C=C(C#N)C(=O)NCc2ccco2)ccc1OC(C)C. The van der Waals surface area contributed by atoms with E-state index in [-0.39, 0.29) is 18.2 Å². The van der Waals surface area contributed by atoms with Crippen molar-refractivity contribution in [2.24, 2.45) is 0 Å². The molecule has 0 radical (unpaired) electrons. The molecule has 1 N–H and O–H groups in total. The third kappa shape index (κ3) is 5.68. The van der Waals surface area contributed by atoms with Crippen molar-refractivity contribution in [3.05, 3.63) is 95.6 Å². The highest BCUT2D eigenvalue weighted by Crippen LogP contribution is 2.30. The number of nitrogens with one attached hydrogen (secondary N) is 1. The molecule has 0 spiro atoms. The van der Waals surface area contributed by atoms with Gasteiger partial charge in [-0.2, -0.15) is 10.4 Å². The lowest BCUT2D eigenvalue weighted by atomic mass is 10.0. The first kappa shape index (κ1) is 23.6. The fraction of sp³-hybridized carbons (Fsp3) is 0.179. The summed E-state index contributed by atoms with van der Waals surface area (Å²) in [6.07, 6.45) is 4.97. The molecule has 7 nitrogen and oxygen atoms in total. The number of rotatable bonds is 8. The minimum Gasteiger partial charge on any atom is -0.491 e. The second-order valence-corrected chi connectivity index (χ2v) is 8.29. The number of para-hydroxylation sites is 1. The Kier molecular flexibility index (Phi) is 7.12. The lowest BCUT2D eigenvalue weighted by Crippen LogP contribution is -2.23. The molecule has 0 saturated heterocycles. The van der Waals surface area contributed by atoms with Gasteiger partial charge in [0.15, 0.2) is 0 Å². The molecule has 0 fully saturated rings. The second-order valence-electron chi connectivity index (χ2n) is 8.29. The molecular weight excluding hydrogens is 440 g/mol. The molecular formula is C28H26N4O3. The van der Waals surface area contributed by atoms with Crippen molar-refractivity contribution < 1.29 is 13.9 Å². The number of aryl methyl sites for hydroxylation is 1. The zero-order chi connectivity index (χ0) is 24.8. The van der Waals surface area contributed by atoms with Gasteiger partial charge in [-0.15, -0.1) is 0 Å². The van der Waals surface area contributed by atoms with Crippen molar-refractivity contribution in [3.8, 4) is 28.8 Å². The molecule has 0 saturated carbocycles. The van der Waals surface area contributed by atoms with Gasteiger partial charge in [-0.1, -0.05) is 18.2 Å². The third-order valence-electron chi connectivity index (χ3n) is 5.24. The lowest BCUT2D eigenvalue weighted by molar-refractivity contribution is -0.117. The van der Waals surface area contributed by atoms with E-state index in [2.05, 4.69) is 5.32 Å². The van der Waals surface area contributed by atoms with Gasteiger partial charge >= 0.3 is 0 Å². The van der Waals surface area contributed by atoms with Gasteiger partial charge in [0.25, 0.3) is 5.91 Å². The molecule has 4 rings (SSSR count).